The highest BCUT2D eigenvalue weighted by molar-refractivity contribution is 7.80. The summed E-state index contributed by atoms with van der Waals surface area (Å²) in [6, 6.07) is 3.36. The maximum absolute atomic E-state index is 11.0. The third kappa shape index (κ3) is 3.53. The number of carboxylic acid groups (broad SMARTS) is 1. The number of thiocarbonyl (C=S) groups is 1. The van der Waals surface area contributed by atoms with Gasteiger partial charge in [-0.05, 0) is 48.8 Å². The first-order chi connectivity index (χ1) is 7.91. The first-order valence-corrected chi connectivity index (χ1v) is 5.25. The highest BCUT2D eigenvalue weighted by atomic mass is 32.1. The van der Waals surface area contributed by atoms with E-state index < -0.39 is 5.97 Å². The van der Waals surface area contributed by atoms with Crippen molar-refractivity contribution < 1.29 is 9.90 Å². The van der Waals surface area contributed by atoms with Crippen LogP contribution in [-0.2, 0) is 0 Å². The molecule has 0 spiro atoms. The average molecular weight is 251 g/mol. The lowest BCUT2D eigenvalue weighted by molar-refractivity contribution is 0.0696. The molecule has 0 heterocycles. The lowest BCUT2D eigenvalue weighted by atomic mass is 10.0. The summed E-state index contributed by atoms with van der Waals surface area (Å²) in [6.45, 7) is 3.63. The molecule has 1 aromatic rings. The number of hydrogen-bond acceptors (Lipinski definition) is 3. The number of carbonyl (C=O) groups is 1. The van der Waals surface area contributed by atoms with Gasteiger partial charge in [0.2, 0.25) is 0 Å². The van der Waals surface area contributed by atoms with Gasteiger partial charge in [-0.15, -0.1) is 0 Å². The molecule has 17 heavy (non-hydrogen) atoms. The monoisotopic (exact) mass is 251 g/mol. The lowest BCUT2D eigenvalue weighted by Crippen LogP contribution is -2.24. The van der Waals surface area contributed by atoms with Crippen molar-refractivity contribution >= 4 is 29.5 Å². The Hall–Kier alpha value is -1.95. The summed E-state index contributed by atoms with van der Waals surface area (Å²) < 4.78 is 0. The standard InChI is InChI=1S/C11H13N3O2S/c1-6-3-7(2)9(10(15)16)4-8(6)5-13-14-11(12)17/h3-5H,1-2H3,(H,15,16)(H3,12,14,17). The van der Waals surface area contributed by atoms with Gasteiger partial charge in [-0.25, -0.2) is 4.79 Å². The second-order valence-corrected chi connectivity index (χ2v) is 4.00. The largest absolute Gasteiger partial charge is 0.478 e. The molecule has 6 heteroatoms. The highest BCUT2D eigenvalue weighted by Crippen LogP contribution is 2.14. The quantitative estimate of drug-likeness (QED) is 0.426. The van der Waals surface area contributed by atoms with Gasteiger partial charge in [-0.3, -0.25) is 5.43 Å². The minimum absolute atomic E-state index is 0.0597. The number of carboxylic acids is 1. The SMILES string of the molecule is Cc1cc(C)c(C(=O)O)cc1C=NNC(N)=S. The number of hydrazone groups is 1. The van der Waals surface area contributed by atoms with Gasteiger partial charge in [0.15, 0.2) is 5.11 Å². The minimum atomic E-state index is -0.959. The molecular formula is C11H13N3O2S. The Bertz CT molecular complexity index is 498. The van der Waals surface area contributed by atoms with Crippen LogP contribution in [0.4, 0.5) is 0 Å². The van der Waals surface area contributed by atoms with Crippen LogP contribution in [0.25, 0.3) is 0 Å². The van der Waals surface area contributed by atoms with Crippen molar-refractivity contribution in [2.45, 2.75) is 13.8 Å². The molecule has 0 aliphatic carbocycles. The van der Waals surface area contributed by atoms with Gasteiger partial charge in [0.25, 0.3) is 0 Å². The molecule has 0 bridgehead atoms. The van der Waals surface area contributed by atoms with Crippen LogP contribution in [0, 0.1) is 13.8 Å². The van der Waals surface area contributed by atoms with E-state index in [2.05, 4.69) is 22.7 Å². The van der Waals surface area contributed by atoms with Gasteiger partial charge in [0.05, 0.1) is 11.8 Å². The maximum atomic E-state index is 11.0. The third-order valence-electron chi connectivity index (χ3n) is 2.22. The second-order valence-electron chi connectivity index (χ2n) is 3.56. The maximum Gasteiger partial charge on any atom is 0.335 e. The smallest absolute Gasteiger partial charge is 0.335 e. The topological polar surface area (TPSA) is 87.7 Å². The van der Waals surface area contributed by atoms with Crippen LogP contribution in [0.3, 0.4) is 0 Å². The zero-order valence-electron chi connectivity index (χ0n) is 9.52. The summed E-state index contributed by atoms with van der Waals surface area (Å²) in [5, 5.41) is 12.9. The van der Waals surface area contributed by atoms with Crippen LogP contribution >= 0.6 is 12.2 Å². The summed E-state index contributed by atoms with van der Waals surface area (Å²) in [5.41, 5.74) is 10.2. The Morgan fingerprint density at radius 2 is 2.12 bits per heavy atom. The summed E-state index contributed by atoms with van der Waals surface area (Å²) in [7, 11) is 0. The normalized spacial score (nSPS) is 10.5. The van der Waals surface area contributed by atoms with Crippen molar-refractivity contribution in [3.8, 4) is 0 Å². The molecule has 0 unspecified atom stereocenters. The van der Waals surface area contributed by atoms with Crippen molar-refractivity contribution in [2.24, 2.45) is 10.8 Å². The van der Waals surface area contributed by atoms with Gasteiger partial charge in [0, 0.05) is 0 Å². The van der Waals surface area contributed by atoms with E-state index in [4.69, 9.17) is 10.8 Å². The molecule has 0 aromatic heterocycles. The summed E-state index contributed by atoms with van der Waals surface area (Å²) in [5.74, 6) is -0.959. The fourth-order valence-electron chi connectivity index (χ4n) is 1.40. The Morgan fingerprint density at radius 3 is 2.65 bits per heavy atom. The predicted octanol–water partition coefficient (Wildman–Crippen LogP) is 1.17. The van der Waals surface area contributed by atoms with Crippen molar-refractivity contribution in [1.82, 2.24) is 5.43 Å². The molecule has 0 radical (unpaired) electrons. The van der Waals surface area contributed by atoms with E-state index >= 15 is 0 Å². The Kier molecular flexibility index (Phi) is 4.17. The molecule has 0 fully saturated rings. The van der Waals surface area contributed by atoms with Crippen LogP contribution < -0.4 is 11.2 Å². The van der Waals surface area contributed by atoms with Crippen LogP contribution in [0.2, 0.25) is 0 Å². The van der Waals surface area contributed by atoms with Gasteiger partial charge in [-0.1, -0.05) is 6.07 Å². The summed E-state index contributed by atoms with van der Waals surface area (Å²) in [6.07, 6.45) is 1.49. The number of rotatable bonds is 3. The van der Waals surface area contributed by atoms with Crippen LogP contribution in [-0.4, -0.2) is 22.4 Å². The molecule has 1 rings (SSSR count). The fraction of sp³-hybridized carbons (Fsp3) is 0.182. The number of benzene rings is 1. The van der Waals surface area contributed by atoms with Crippen LogP contribution in [0.15, 0.2) is 17.2 Å². The van der Waals surface area contributed by atoms with Gasteiger partial charge in [0.1, 0.15) is 0 Å². The Balaban J connectivity index is 3.07. The summed E-state index contributed by atoms with van der Waals surface area (Å²) in [4.78, 5) is 11.0. The lowest BCUT2D eigenvalue weighted by Gasteiger charge is -2.06. The number of nitrogens with one attached hydrogen (secondary N) is 1. The number of hydrogen-bond donors (Lipinski definition) is 3. The Morgan fingerprint density at radius 1 is 1.47 bits per heavy atom. The molecule has 4 N–H and O–H groups in total. The predicted molar refractivity (Wildman–Crippen MR) is 70.4 cm³/mol. The molecule has 0 atom stereocenters. The van der Waals surface area contributed by atoms with E-state index in [9.17, 15) is 4.79 Å². The number of aromatic carboxylic acids is 1. The van der Waals surface area contributed by atoms with Gasteiger partial charge in [-0.2, -0.15) is 5.10 Å². The highest BCUT2D eigenvalue weighted by Gasteiger charge is 2.09. The van der Waals surface area contributed by atoms with Crippen molar-refractivity contribution in [3.63, 3.8) is 0 Å². The summed E-state index contributed by atoms with van der Waals surface area (Å²) >= 11 is 4.59. The fourth-order valence-corrected chi connectivity index (χ4v) is 1.46. The number of nitrogens with two attached hydrogens (primary N) is 1. The number of aryl methyl sites for hydroxylation is 2. The van der Waals surface area contributed by atoms with E-state index in [1.54, 1.807) is 19.1 Å². The van der Waals surface area contributed by atoms with Crippen molar-refractivity contribution in [3.05, 3.63) is 34.4 Å². The molecule has 0 aliphatic rings. The molecule has 5 nitrogen and oxygen atoms in total. The molecular weight excluding hydrogens is 238 g/mol. The van der Waals surface area contributed by atoms with E-state index in [0.717, 1.165) is 11.1 Å². The van der Waals surface area contributed by atoms with E-state index in [0.29, 0.717) is 5.56 Å². The number of nitrogens with zero attached hydrogens (tertiary/aromatic N) is 1. The molecule has 0 saturated carbocycles. The van der Waals surface area contributed by atoms with Gasteiger partial charge >= 0.3 is 5.97 Å². The third-order valence-corrected chi connectivity index (χ3v) is 2.31. The minimum Gasteiger partial charge on any atom is -0.478 e. The van der Waals surface area contributed by atoms with Gasteiger partial charge < -0.3 is 10.8 Å². The van der Waals surface area contributed by atoms with E-state index in [1.165, 1.54) is 6.21 Å². The first-order valence-electron chi connectivity index (χ1n) is 4.85. The van der Waals surface area contributed by atoms with Crippen molar-refractivity contribution in [1.29, 1.82) is 0 Å². The second kappa shape index (κ2) is 5.40. The molecule has 0 aliphatic heterocycles. The van der Waals surface area contributed by atoms with Crippen LogP contribution in [0.5, 0.6) is 0 Å². The first kappa shape index (κ1) is 13.1. The molecule has 0 amide bonds. The van der Waals surface area contributed by atoms with E-state index in [1.807, 2.05) is 6.92 Å². The molecule has 90 valence electrons. The molecule has 0 saturated heterocycles. The zero-order valence-corrected chi connectivity index (χ0v) is 10.3. The van der Waals surface area contributed by atoms with Crippen molar-refractivity contribution in [2.75, 3.05) is 0 Å². The van der Waals surface area contributed by atoms with Crippen LogP contribution in [0.1, 0.15) is 27.0 Å². The average Bonchev–Trinajstić information content (AvgIpc) is 2.20. The zero-order chi connectivity index (χ0) is 13.0. The Labute approximate surface area is 104 Å². The van der Waals surface area contributed by atoms with E-state index in [-0.39, 0.29) is 10.7 Å². The molecule has 1 aromatic carbocycles.